The maximum Gasteiger partial charge on any atom is 0.419 e. The van der Waals surface area contributed by atoms with E-state index in [1.54, 1.807) is 36.4 Å². The van der Waals surface area contributed by atoms with Crippen molar-refractivity contribution in [2.24, 2.45) is 5.92 Å². The van der Waals surface area contributed by atoms with E-state index in [2.05, 4.69) is 20.6 Å². The molecule has 12 heteroatoms. The highest BCUT2D eigenvalue weighted by atomic mass is 32.2. The number of carbonyl (C=O) groups excluding carboxylic acids is 1. The van der Waals surface area contributed by atoms with E-state index in [9.17, 15) is 26.4 Å². The van der Waals surface area contributed by atoms with Crippen LogP contribution >= 0.6 is 0 Å². The van der Waals surface area contributed by atoms with E-state index in [4.69, 9.17) is 0 Å². The number of pyridine rings is 2. The second kappa shape index (κ2) is 10.4. The molecule has 0 atom stereocenters. The van der Waals surface area contributed by atoms with Crippen LogP contribution in [-0.4, -0.2) is 37.5 Å². The van der Waals surface area contributed by atoms with E-state index in [1.165, 1.54) is 19.3 Å². The summed E-state index contributed by atoms with van der Waals surface area (Å²) in [5, 5.41) is 5.65. The SMILES string of the molecule is CN(c1ncccc1CNc1nc(Nc2ccc(C(=O)C3CCC3)cc2)ccc1C(F)(F)F)S(C)(=O)=O. The molecule has 8 nitrogen and oxygen atoms in total. The lowest BCUT2D eigenvalue weighted by atomic mass is 9.80. The lowest BCUT2D eigenvalue weighted by molar-refractivity contribution is -0.137. The minimum Gasteiger partial charge on any atom is -0.365 e. The van der Waals surface area contributed by atoms with Gasteiger partial charge >= 0.3 is 6.18 Å². The molecule has 0 bridgehead atoms. The van der Waals surface area contributed by atoms with Gasteiger partial charge in [0.05, 0.1) is 11.8 Å². The number of rotatable bonds is 9. The Kier molecular flexibility index (Phi) is 7.39. The van der Waals surface area contributed by atoms with Crippen LogP contribution in [0.3, 0.4) is 0 Å². The number of halogens is 3. The molecule has 0 saturated heterocycles. The van der Waals surface area contributed by atoms with Gasteiger partial charge in [-0.2, -0.15) is 13.2 Å². The number of ketones is 1. The van der Waals surface area contributed by atoms with Gasteiger partial charge in [0.25, 0.3) is 0 Å². The van der Waals surface area contributed by atoms with Crippen LogP contribution in [0.5, 0.6) is 0 Å². The summed E-state index contributed by atoms with van der Waals surface area (Å²) in [4.78, 5) is 20.6. The van der Waals surface area contributed by atoms with Gasteiger partial charge in [0.1, 0.15) is 17.5 Å². The summed E-state index contributed by atoms with van der Waals surface area (Å²) < 4.78 is 65.9. The van der Waals surface area contributed by atoms with Crippen LogP contribution in [0.25, 0.3) is 0 Å². The molecule has 196 valence electrons. The van der Waals surface area contributed by atoms with Crippen molar-refractivity contribution in [3.05, 3.63) is 71.4 Å². The zero-order valence-electron chi connectivity index (χ0n) is 20.2. The number of aromatic nitrogens is 2. The number of anilines is 4. The summed E-state index contributed by atoms with van der Waals surface area (Å²) in [6, 6.07) is 12.0. The Labute approximate surface area is 213 Å². The zero-order chi connectivity index (χ0) is 26.8. The first-order valence-electron chi connectivity index (χ1n) is 11.5. The number of nitrogens with zero attached hydrogens (tertiary/aromatic N) is 3. The first-order valence-corrected chi connectivity index (χ1v) is 13.4. The monoisotopic (exact) mass is 533 g/mol. The van der Waals surface area contributed by atoms with Gasteiger partial charge in [-0.1, -0.05) is 12.5 Å². The van der Waals surface area contributed by atoms with Crippen molar-refractivity contribution in [2.75, 3.05) is 28.2 Å². The fourth-order valence-electron chi connectivity index (χ4n) is 3.85. The lowest BCUT2D eigenvalue weighted by Crippen LogP contribution is -2.27. The van der Waals surface area contributed by atoms with Crippen molar-refractivity contribution in [1.82, 2.24) is 9.97 Å². The normalized spacial score (nSPS) is 14.1. The lowest BCUT2D eigenvalue weighted by Gasteiger charge is -2.23. The van der Waals surface area contributed by atoms with Crippen molar-refractivity contribution in [1.29, 1.82) is 0 Å². The highest BCUT2D eigenvalue weighted by Gasteiger charge is 2.34. The van der Waals surface area contributed by atoms with Crippen LogP contribution in [0.2, 0.25) is 0 Å². The number of alkyl halides is 3. The molecule has 37 heavy (non-hydrogen) atoms. The number of benzene rings is 1. The summed E-state index contributed by atoms with van der Waals surface area (Å²) in [6.45, 7) is -0.152. The second-order valence-electron chi connectivity index (χ2n) is 8.86. The molecule has 3 aromatic rings. The van der Waals surface area contributed by atoms with Crippen molar-refractivity contribution in [3.63, 3.8) is 0 Å². The molecule has 1 aromatic carbocycles. The number of hydrogen-bond acceptors (Lipinski definition) is 7. The molecule has 0 aliphatic heterocycles. The number of hydrogen-bond donors (Lipinski definition) is 2. The molecule has 2 heterocycles. The van der Waals surface area contributed by atoms with Gasteiger partial charge in [-0.25, -0.2) is 18.4 Å². The quantitative estimate of drug-likeness (QED) is 0.363. The van der Waals surface area contributed by atoms with Crippen LogP contribution in [0.1, 0.15) is 40.7 Å². The van der Waals surface area contributed by atoms with Crippen molar-refractivity contribution >= 4 is 38.9 Å². The largest absolute Gasteiger partial charge is 0.419 e. The van der Waals surface area contributed by atoms with Crippen LogP contribution in [0.15, 0.2) is 54.7 Å². The van der Waals surface area contributed by atoms with E-state index in [0.29, 0.717) is 16.8 Å². The average molecular weight is 534 g/mol. The summed E-state index contributed by atoms with van der Waals surface area (Å²) in [5.41, 5.74) is 0.564. The Morgan fingerprint density at radius 3 is 2.41 bits per heavy atom. The summed E-state index contributed by atoms with van der Waals surface area (Å²) >= 11 is 0. The Hall–Kier alpha value is -3.67. The molecule has 0 radical (unpaired) electrons. The van der Waals surface area contributed by atoms with Crippen molar-refractivity contribution in [2.45, 2.75) is 32.0 Å². The molecule has 1 aliphatic rings. The van der Waals surface area contributed by atoms with Gasteiger partial charge in [-0.05, 0) is 55.3 Å². The van der Waals surface area contributed by atoms with E-state index in [1.807, 2.05) is 0 Å². The van der Waals surface area contributed by atoms with Crippen molar-refractivity contribution in [3.8, 4) is 0 Å². The molecule has 1 aliphatic carbocycles. The van der Waals surface area contributed by atoms with Crippen molar-refractivity contribution < 1.29 is 26.4 Å². The molecular formula is C25H26F3N5O3S. The number of nitrogens with one attached hydrogen (secondary N) is 2. The minimum absolute atomic E-state index is 0.0709. The van der Waals surface area contributed by atoms with E-state index in [0.717, 1.165) is 35.9 Å². The first kappa shape index (κ1) is 26.4. The average Bonchev–Trinajstić information content (AvgIpc) is 2.80. The van der Waals surface area contributed by atoms with Crippen LogP contribution in [0.4, 0.5) is 36.3 Å². The van der Waals surface area contributed by atoms with Gasteiger partial charge in [-0.3, -0.25) is 9.10 Å². The summed E-state index contributed by atoms with van der Waals surface area (Å²) in [6.07, 6.45) is 0.591. The highest BCUT2D eigenvalue weighted by Crippen LogP contribution is 2.36. The third-order valence-corrected chi connectivity index (χ3v) is 7.40. The maximum absolute atomic E-state index is 13.7. The van der Waals surface area contributed by atoms with Gasteiger partial charge in [0.2, 0.25) is 10.0 Å². The minimum atomic E-state index is -4.67. The predicted octanol–water partition coefficient (Wildman–Crippen LogP) is 5.23. The molecule has 1 saturated carbocycles. The van der Waals surface area contributed by atoms with Gasteiger partial charge in [-0.15, -0.1) is 0 Å². The second-order valence-corrected chi connectivity index (χ2v) is 10.9. The molecule has 2 N–H and O–H groups in total. The van der Waals surface area contributed by atoms with E-state index >= 15 is 0 Å². The fraction of sp³-hybridized carbons (Fsp3) is 0.320. The van der Waals surface area contributed by atoms with Gasteiger partial charge in [0.15, 0.2) is 5.78 Å². The highest BCUT2D eigenvalue weighted by molar-refractivity contribution is 7.92. The Balaban J connectivity index is 1.55. The predicted molar refractivity (Wildman–Crippen MR) is 135 cm³/mol. The van der Waals surface area contributed by atoms with E-state index in [-0.39, 0.29) is 29.9 Å². The van der Waals surface area contributed by atoms with Crippen LogP contribution in [-0.2, 0) is 22.7 Å². The molecule has 0 unspecified atom stereocenters. The third kappa shape index (κ3) is 6.19. The molecular weight excluding hydrogens is 507 g/mol. The summed E-state index contributed by atoms with van der Waals surface area (Å²) in [7, 11) is -2.31. The molecule has 1 fully saturated rings. The number of sulfonamides is 1. The smallest absolute Gasteiger partial charge is 0.365 e. The Bertz CT molecular complexity index is 1390. The summed E-state index contributed by atoms with van der Waals surface area (Å²) in [5.74, 6) is 0.00556. The van der Waals surface area contributed by atoms with Gasteiger partial charge < -0.3 is 10.6 Å². The molecule has 4 rings (SSSR count). The zero-order valence-corrected chi connectivity index (χ0v) is 21.0. The maximum atomic E-state index is 13.7. The van der Waals surface area contributed by atoms with Crippen LogP contribution in [0, 0.1) is 5.92 Å². The van der Waals surface area contributed by atoms with Gasteiger partial charge in [0, 0.05) is 42.5 Å². The molecule has 0 amide bonds. The third-order valence-electron chi connectivity index (χ3n) is 6.23. The first-order chi connectivity index (χ1) is 17.4. The number of Topliss-reactive ketones (excluding diaryl/α,β-unsaturated/α-hetero) is 1. The Morgan fingerprint density at radius 1 is 1.11 bits per heavy atom. The molecule has 2 aromatic heterocycles. The molecule has 0 spiro atoms. The standard InChI is InChI=1S/C25H26F3N5O3S/c1-33(37(2,35)36)24-18(7-4-14-29-24)15-30-23-20(25(26,27)28)12-13-21(32-23)31-19-10-8-17(9-11-19)22(34)16-5-3-6-16/h4,7-14,16H,3,5-6,15H2,1-2H3,(H2,30,31,32). The van der Waals surface area contributed by atoms with Crippen LogP contribution < -0.4 is 14.9 Å². The fourth-order valence-corrected chi connectivity index (χ4v) is 4.33. The van der Waals surface area contributed by atoms with E-state index < -0.39 is 27.6 Å². The topological polar surface area (TPSA) is 104 Å². The number of carbonyl (C=O) groups is 1. The Morgan fingerprint density at radius 2 is 1.81 bits per heavy atom.